The fourth-order valence-corrected chi connectivity index (χ4v) is 2.63. The molecule has 94 valence electrons. The van der Waals surface area contributed by atoms with Crippen LogP contribution in [0.1, 0.15) is 18.4 Å². The van der Waals surface area contributed by atoms with E-state index in [1.165, 1.54) is 18.4 Å². The summed E-state index contributed by atoms with van der Waals surface area (Å²) in [7, 11) is 0. The molecule has 1 aliphatic rings. The minimum absolute atomic E-state index is 0.613. The molecule has 3 nitrogen and oxygen atoms in total. The van der Waals surface area contributed by atoms with E-state index in [1.807, 2.05) is 35.1 Å². The van der Waals surface area contributed by atoms with E-state index in [-0.39, 0.29) is 0 Å². The van der Waals surface area contributed by atoms with E-state index in [1.54, 1.807) is 0 Å². The van der Waals surface area contributed by atoms with Crippen molar-refractivity contribution in [3.63, 3.8) is 0 Å². The van der Waals surface area contributed by atoms with Crippen molar-refractivity contribution in [1.82, 2.24) is 15.1 Å². The molecule has 0 radical (unpaired) electrons. The highest BCUT2D eigenvalue weighted by Gasteiger charge is 2.15. The molecule has 1 N–H and O–H groups in total. The molecule has 3 rings (SSSR count). The number of halogens is 1. The predicted octanol–water partition coefficient (Wildman–Crippen LogP) is 2.82. The van der Waals surface area contributed by atoms with E-state index < -0.39 is 0 Å². The fourth-order valence-electron chi connectivity index (χ4n) is 2.44. The molecule has 1 saturated heterocycles. The highest BCUT2D eigenvalue weighted by Crippen LogP contribution is 2.16. The van der Waals surface area contributed by atoms with Crippen LogP contribution in [0.25, 0.3) is 5.69 Å². The number of nitrogens with one attached hydrogen (secondary N) is 1. The molecular formula is C14H16ClN3. The standard InChI is InChI=1S/C14H16ClN3/c15-12-3-1-5-14(8-12)18-10-11(9-17-18)7-13-4-2-6-16-13/h1,3,5,8-10,13,16H,2,4,6-7H2. The van der Waals surface area contributed by atoms with Crippen LogP contribution in [0, 0.1) is 0 Å². The smallest absolute Gasteiger partial charge is 0.0660 e. The molecule has 1 aliphatic heterocycles. The van der Waals surface area contributed by atoms with E-state index in [4.69, 9.17) is 11.6 Å². The van der Waals surface area contributed by atoms with Gasteiger partial charge < -0.3 is 5.32 Å². The van der Waals surface area contributed by atoms with Crippen molar-refractivity contribution in [2.45, 2.75) is 25.3 Å². The molecule has 1 aromatic carbocycles. The van der Waals surface area contributed by atoms with Crippen LogP contribution >= 0.6 is 11.6 Å². The van der Waals surface area contributed by atoms with Crippen LogP contribution in [-0.2, 0) is 6.42 Å². The maximum absolute atomic E-state index is 5.99. The summed E-state index contributed by atoms with van der Waals surface area (Å²) in [5.41, 5.74) is 2.28. The minimum atomic E-state index is 0.613. The zero-order valence-electron chi connectivity index (χ0n) is 10.1. The van der Waals surface area contributed by atoms with Gasteiger partial charge >= 0.3 is 0 Å². The second kappa shape index (κ2) is 5.12. The summed E-state index contributed by atoms with van der Waals surface area (Å²) in [6.45, 7) is 1.15. The molecule has 2 heterocycles. The van der Waals surface area contributed by atoms with Crippen molar-refractivity contribution < 1.29 is 0 Å². The summed E-state index contributed by atoms with van der Waals surface area (Å²) in [4.78, 5) is 0. The maximum Gasteiger partial charge on any atom is 0.0660 e. The van der Waals surface area contributed by atoms with Crippen molar-refractivity contribution in [2.24, 2.45) is 0 Å². The molecular weight excluding hydrogens is 246 g/mol. The Morgan fingerprint density at radius 2 is 2.39 bits per heavy atom. The Labute approximate surface area is 112 Å². The SMILES string of the molecule is Clc1cccc(-n2cc(CC3CCCN3)cn2)c1. The third-order valence-corrected chi connectivity index (χ3v) is 3.59. The molecule has 0 amide bonds. The van der Waals surface area contributed by atoms with Gasteiger partial charge in [0, 0.05) is 17.3 Å². The van der Waals surface area contributed by atoms with Crippen LogP contribution in [0.15, 0.2) is 36.7 Å². The lowest BCUT2D eigenvalue weighted by Gasteiger charge is -2.07. The summed E-state index contributed by atoms with van der Waals surface area (Å²) in [6.07, 6.45) is 7.64. The Bertz CT molecular complexity index is 529. The van der Waals surface area contributed by atoms with Crippen molar-refractivity contribution in [3.8, 4) is 5.69 Å². The third-order valence-electron chi connectivity index (χ3n) is 3.35. The Morgan fingerprint density at radius 3 is 3.17 bits per heavy atom. The second-order valence-electron chi connectivity index (χ2n) is 4.77. The van der Waals surface area contributed by atoms with Gasteiger partial charge in [-0.25, -0.2) is 4.68 Å². The van der Waals surface area contributed by atoms with Gasteiger partial charge in [0.1, 0.15) is 0 Å². The van der Waals surface area contributed by atoms with Crippen LogP contribution in [0.2, 0.25) is 5.02 Å². The zero-order valence-corrected chi connectivity index (χ0v) is 10.9. The van der Waals surface area contributed by atoms with Gasteiger partial charge in [-0.15, -0.1) is 0 Å². The van der Waals surface area contributed by atoms with Crippen LogP contribution in [0.5, 0.6) is 0 Å². The molecule has 0 spiro atoms. The summed E-state index contributed by atoms with van der Waals surface area (Å²) in [5.74, 6) is 0. The number of nitrogens with zero attached hydrogens (tertiary/aromatic N) is 2. The van der Waals surface area contributed by atoms with Crippen LogP contribution in [-0.4, -0.2) is 22.4 Å². The van der Waals surface area contributed by atoms with Crippen molar-refractivity contribution in [2.75, 3.05) is 6.54 Å². The first kappa shape index (κ1) is 11.8. The molecule has 1 atom stereocenters. The second-order valence-corrected chi connectivity index (χ2v) is 5.21. The van der Waals surface area contributed by atoms with Crippen LogP contribution in [0.3, 0.4) is 0 Å². The summed E-state index contributed by atoms with van der Waals surface area (Å²) < 4.78 is 1.89. The van der Waals surface area contributed by atoms with Gasteiger partial charge in [-0.3, -0.25) is 0 Å². The van der Waals surface area contributed by atoms with E-state index in [2.05, 4.69) is 16.6 Å². The molecule has 1 fully saturated rings. The van der Waals surface area contributed by atoms with Gasteiger partial charge in [0.25, 0.3) is 0 Å². The summed E-state index contributed by atoms with van der Waals surface area (Å²) in [6, 6.07) is 8.36. The first-order valence-corrected chi connectivity index (χ1v) is 6.72. The first-order chi connectivity index (χ1) is 8.81. The van der Waals surface area contributed by atoms with E-state index in [0.29, 0.717) is 6.04 Å². The number of rotatable bonds is 3. The van der Waals surface area contributed by atoms with Gasteiger partial charge in [0.2, 0.25) is 0 Å². The Balaban J connectivity index is 1.76. The fraction of sp³-hybridized carbons (Fsp3) is 0.357. The first-order valence-electron chi connectivity index (χ1n) is 6.34. The highest BCUT2D eigenvalue weighted by molar-refractivity contribution is 6.30. The average molecular weight is 262 g/mol. The third kappa shape index (κ3) is 2.57. The van der Waals surface area contributed by atoms with Crippen molar-refractivity contribution in [1.29, 1.82) is 0 Å². The van der Waals surface area contributed by atoms with Gasteiger partial charge in [-0.1, -0.05) is 17.7 Å². The van der Waals surface area contributed by atoms with Crippen molar-refractivity contribution >= 4 is 11.6 Å². The molecule has 4 heteroatoms. The van der Waals surface area contributed by atoms with Gasteiger partial charge in [-0.05, 0) is 49.6 Å². The quantitative estimate of drug-likeness (QED) is 0.921. The van der Waals surface area contributed by atoms with Gasteiger partial charge in [0.05, 0.1) is 11.9 Å². The van der Waals surface area contributed by atoms with Crippen molar-refractivity contribution in [3.05, 3.63) is 47.2 Å². The number of hydrogen-bond donors (Lipinski definition) is 1. The molecule has 0 saturated carbocycles. The summed E-state index contributed by atoms with van der Waals surface area (Å²) in [5, 5.41) is 8.64. The largest absolute Gasteiger partial charge is 0.314 e. The lowest BCUT2D eigenvalue weighted by atomic mass is 10.1. The lowest BCUT2D eigenvalue weighted by molar-refractivity contribution is 0.603. The van der Waals surface area contributed by atoms with E-state index in [9.17, 15) is 0 Å². The van der Waals surface area contributed by atoms with E-state index in [0.717, 1.165) is 23.7 Å². The predicted molar refractivity (Wildman–Crippen MR) is 73.3 cm³/mol. The Morgan fingerprint density at radius 1 is 1.44 bits per heavy atom. The number of aromatic nitrogens is 2. The average Bonchev–Trinajstić information content (AvgIpc) is 3.01. The Kier molecular flexibility index (Phi) is 3.35. The monoisotopic (exact) mass is 261 g/mol. The van der Waals surface area contributed by atoms with Gasteiger partial charge in [0.15, 0.2) is 0 Å². The van der Waals surface area contributed by atoms with Crippen LogP contribution < -0.4 is 5.32 Å². The minimum Gasteiger partial charge on any atom is -0.314 e. The highest BCUT2D eigenvalue weighted by atomic mass is 35.5. The Hall–Kier alpha value is -1.32. The molecule has 1 aromatic heterocycles. The molecule has 0 bridgehead atoms. The van der Waals surface area contributed by atoms with Crippen LogP contribution in [0.4, 0.5) is 0 Å². The van der Waals surface area contributed by atoms with E-state index >= 15 is 0 Å². The summed E-state index contributed by atoms with van der Waals surface area (Å²) >= 11 is 5.99. The molecule has 0 aliphatic carbocycles. The number of hydrogen-bond acceptors (Lipinski definition) is 2. The normalized spacial score (nSPS) is 19.3. The molecule has 1 unspecified atom stereocenters. The van der Waals surface area contributed by atoms with Gasteiger partial charge in [-0.2, -0.15) is 5.10 Å². The zero-order chi connectivity index (χ0) is 12.4. The topological polar surface area (TPSA) is 29.9 Å². The number of benzene rings is 1. The molecule has 18 heavy (non-hydrogen) atoms. The lowest BCUT2D eigenvalue weighted by Crippen LogP contribution is -2.23. The maximum atomic E-state index is 5.99. The molecule has 2 aromatic rings.